The van der Waals surface area contributed by atoms with E-state index in [1.54, 1.807) is 6.07 Å². The molecule has 2 aromatic carbocycles. The van der Waals surface area contributed by atoms with Gasteiger partial charge < -0.3 is 10.5 Å². The summed E-state index contributed by atoms with van der Waals surface area (Å²) >= 11 is 0. The summed E-state index contributed by atoms with van der Waals surface area (Å²) in [6, 6.07) is 13.0. The molecule has 5 heteroatoms. The Kier molecular flexibility index (Phi) is 4.53. The number of hydrogen-bond acceptors (Lipinski definition) is 3. The van der Waals surface area contributed by atoms with E-state index in [0.29, 0.717) is 17.8 Å². The number of fused-ring (bicyclic) bond motifs is 1. The first-order valence-electron chi connectivity index (χ1n) is 7.78. The maximum atomic E-state index is 12.9. The second-order valence-corrected chi connectivity index (χ2v) is 6.01. The molecule has 126 valence electrons. The van der Waals surface area contributed by atoms with Crippen LogP contribution in [0.1, 0.15) is 28.3 Å². The van der Waals surface area contributed by atoms with E-state index in [-0.39, 0.29) is 11.8 Å². The van der Waals surface area contributed by atoms with Crippen LogP contribution >= 0.6 is 0 Å². The van der Waals surface area contributed by atoms with E-state index < -0.39 is 6.61 Å². The van der Waals surface area contributed by atoms with Crippen LogP contribution in [0, 0.1) is 6.92 Å². The minimum Gasteiger partial charge on any atom is -0.434 e. The number of hydrogen-bond donors (Lipinski definition) is 1. The van der Waals surface area contributed by atoms with Gasteiger partial charge in [0.2, 0.25) is 0 Å². The molecule has 0 amide bonds. The molecule has 1 heterocycles. The van der Waals surface area contributed by atoms with Crippen LogP contribution in [0.25, 0.3) is 5.70 Å². The van der Waals surface area contributed by atoms with Crippen LogP contribution in [0.3, 0.4) is 0 Å². The molecule has 1 aliphatic rings. The molecule has 3 nitrogen and oxygen atoms in total. The lowest BCUT2D eigenvalue weighted by Gasteiger charge is -2.29. The second-order valence-electron chi connectivity index (χ2n) is 6.01. The van der Waals surface area contributed by atoms with Gasteiger partial charge in [-0.15, -0.1) is 0 Å². The minimum absolute atomic E-state index is 0.206. The normalized spacial score (nSPS) is 18.0. The number of likely N-dealkylation sites (N-methyl/N-ethyl adjacent to an activating group) is 1. The Morgan fingerprint density at radius 3 is 2.67 bits per heavy atom. The van der Waals surface area contributed by atoms with Crippen molar-refractivity contribution in [1.82, 2.24) is 4.90 Å². The molecule has 3 rings (SSSR count). The molecular formula is C19H20F2N2O. The van der Waals surface area contributed by atoms with Crippen molar-refractivity contribution in [2.24, 2.45) is 5.73 Å². The van der Waals surface area contributed by atoms with E-state index in [0.717, 1.165) is 16.7 Å². The summed E-state index contributed by atoms with van der Waals surface area (Å²) in [6.45, 7) is -0.389. The predicted molar refractivity (Wildman–Crippen MR) is 90.9 cm³/mol. The number of benzene rings is 2. The van der Waals surface area contributed by atoms with Crippen LogP contribution < -0.4 is 10.5 Å². The fourth-order valence-electron chi connectivity index (χ4n) is 3.16. The van der Waals surface area contributed by atoms with E-state index in [1.807, 2.05) is 56.4 Å². The highest BCUT2D eigenvalue weighted by atomic mass is 19.3. The van der Waals surface area contributed by atoms with Crippen LogP contribution in [-0.4, -0.2) is 25.1 Å². The molecule has 2 aromatic rings. The monoisotopic (exact) mass is 330 g/mol. The molecule has 0 saturated carbocycles. The SMILES string of the molecule is Cc1ccc(C2c3ccccc3C(N)=CCN2C)c(OC(F)F)c1. The van der Waals surface area contributed by atoms with Gasteiger partial charge in [0.05, 0.1) is 6.04 Å². The number of nitrogens with zero attached hydrogens (tertiary/aromatic N) is 1. The molecule has 24 heavy (non-hydrogen) atoms. The lowest BCUT2D eigenvalue weighted by Crippen LogP contribution is -2.26. The number of ether oxygens (including phenoxy) is 1. The van der Waals surface area contributed by atoms with Crippen LogP contribution in [-0.2, 0) is 0 Å². The molecule has 1 aliphatic heterocycles. The van der Waals surface area contributed by atoms with Crippen LogP contribution in [0.4, 0.5) is 8.78 Å². The van der Waals surface area contributed by atoms with Crippen LogP contribution in [0.15, 0.2) is 48.5 Å². The Morgan fingerprint density at radius 1 is 1.17 bits per heavy atom. The first kappa shape index (κ1) is 16.5. The summed E-state index contributed by atoms with van der Waals surface area (Å²) in [5.41, 5.74) is 10.4. The zero-order valence-electron chi connectivity index (χ0n) is 13.7. The van der Waals surface area contributed by atoms with Crippen molar-refractivity contribution in [3.05, 3.63) is 70.8 Å². The highest BCUT2D eigenvalue weighted by molar-refractivity contribution is 5.68. The molecule has 0 aromatic heterocycles. The van der Waals surface area contributed by atoms with Crippen molar-refractivity contribution >= 4 is 5.70 Å². The zero-order valence-corrected chi connectivity index (χ0v) is 13.7. The number of nitrogens with two attached hydrogens (primary N) is 1. The number of rotatable bonds is 3. The molecule has 2 N–H and O–H groups in total. The van der Waals surface area contributed by atoms with E-state index in [2.05, 4.69) is 4.90 Å². The van der Waals surface area contributed by atoms with Crippen molar-refractivity contribution in [3.63, 3.8) is 0 Å². The van der Waals surface area contributed by atoms with Crippen LogP contribution in [0.2, 0.25) is 0 Å². The maximum Gasteiger partial charge on any atom is 0.387 e. The van der Waals surface area contributed by atoms with Gasteiger partial charge in [0.15, 0.2) is 0 Å². The standard InChI is InChI=1S/C19H20F2N2O/c1-12-7-8-15(17(11-12)24-19(20)21)18-14-6-4-3-5-13(14)16(22)9-10-23(18)2/h3-9,11,18-19H,10,22H2,1-2H3. The molecule has 1 unspecified atom stereocenters. The molecule has 0 spiro atoms. The Bertz CT molecular complexity index is 774. The molecule has 0 fully saturated rings. The number of alkyl halides is 2. The molecule has 0 aliphatic carbocycles. The minimum atomic E-state index is -2.86. The van der Waals surface area contributed by atoms with Gasteiger partial charge in [-0.05, 0) is 37.2 Å². The summed E-state index contributed by atoms with van der Waals surface area (Å²) in [5.74, 6) is 0.206. The summed E-state index contributed by atoms with van der Waals surface area (Å²) in [4.78, 5) is 2.07. The Balaban J connectivity index is 2.16. The van der Waals surface area contributed by atoms with Gasteiger partial charge in [-0.25, -0.2) is 0 Å². The first-order chi connectivity index (χ1) is 11.5. The van der Waals surface area contributed by atoms with Crippen LogP contribution in [0.5, 0.6) is 5.75 Å². The summed E-state index contributed by atoms with van der Waals surface area (Å²) < 4.78 is 30.5. The van der Waals surface area contributed by atoms with E-state index in [9.17, 15) is 8.78 Å². The van der Waals surface area contributed by atoms with Crippen molar-refractivity contribution in [3.8, 4) is 5.75 Å². The Hall–Kier alpha value is -2.40. The van der Waals surface area contributed by atoms with Gasteiger partial charge in [-0.2, -0.15) is 8.78 Å². The van der Waals surface area contributed by atoms with Gasteiger partial charge in [-0.3, -0.25) is 4.90 Å². The van der Waals surface area contributed by atoms with Crippen molar-refractivity contribution in [1.29, 1.82) is 0 Å². The van der Waals surface area contributed by atoms with Gasteiger partial charge in [-0.1, -0.05) is 36.4 Å². The lowest BCUT2D eigenvalue weighted by atomic mass is 9.92. The van der Waals surface area contributed by atoms with Crippen molar-refractivity contribution in [2.45, 2.75) is 19.6 Å². The molecular weight excluding hydrogens is 310 g/mol. The van der Waals surface area contributed by atoms with Gasteiger partial charge in [0.1, 0.15) is 5.75 Å². The maximum absolute atomic E-state index is 12.9. The third-order valence-corrected chi connectivity index (χ3v) is 4.29. The highest BCUT2D eigenvalue weighted by Crippen LogP contribution is 2.39. The lowest BCUT2D eigenvalue weighted by molar-refractivity contribution is -0.0509. The Labute approximate surface area is 140 Å². The highest BCUT2D eigenvalue weighted by Gasteiger charge is 2.28. The smallest absolute Gasteiger partial charge is 0.387 e. The summed E-state index contributed by atoms with van der Waals surface area (Å²) in [5, 5.41) is 0. The number of aryl methyl sites for hydroxylation is 1. The van der Waals surface area contributed by atoms with E-state index in [4.69, 9.17) is 10.5 Å². The fourth-order valence-corrected chi connectivity index (χ4v) is 3.16. The summed E-state index contributed by atoms with van der Waals surface area (Å²) in [6.07, 6.45) is 1.95. The van der Waals surface area contributed by atoms with Gasteiger partial charge in [0, 0.05) is 23.4 Å². The predicted octanol–water partition coefficient (Wildman–Crippen LogP) is 3.93. The molecule has 0 radical (unpaired) electrons. The fraction of sp³-hybridized carbons (Fsp3) is 0.263. The Morgan fingerprint density at radius 2 is 1.92 bits per heavy atom. The van der Waals surface area contributed by atoms with E-state index >= 15 is 0 Å². The van der Waals surface area contributed by atoms with E-state index in [1.165, 1.54) is 0 Å². The van der Waals surface area contributed by atoms with Gasteiger partial charge >= 0.3 is 6.61 Å². The topological polar surface area (TPSA) is 38.5 Å². The van der Waals surface area contributed by atoms with Crippen molar-refractivity contribution < 1.29 is 13.5 Å². The number of halogens is 2. The van der Waals surface area contributed by atoms with Crippen molar-refractivity contribution in [2.75, 3.05) is 13.6 Å². The zero-order chi connectivity index (χ0) is 17.3. The third-order valence-electron chi connectivity index (χ3n) is 4.29. The second kappa shape index (κ2) is 6.61. The summed E-state index contributed by atoms with van der Waals surface area (Å²) in [7, 11) is 1.95. The largest absolute Gasteiger partial charge is 0.434 e. The quantitative estimate of drug-likeness (QED) is 0.927. The van der Waals surface area contributed by atoms with Gasteiger partial charge in [0.25, 0.3) is 0 Å². The average molecular weight is 330 g/mol. The average Bonchev–Trinajstić information content (AvgIpc) is 2.66. The third kappa shape index (κ3) is 3.12. The molecule has 0 saturated heterocycles. The first-order valence-corrected chi connectivity index (χ1v) is 7.78. The molecule has 1 atom stereocenters. The molecule has 0 bridgehead atoms.